The summed E-state index contributed by atoms with van der Waals surface area (Å²) in [5, 5.41) is 26.0. The normalized spacial score (nSPS) is 12.8. The molecule has 2 aromatic heterocycles. The smallest absolute Gasteiger partial charge is 0.154 e. The van der Waals surface area contributed by atoms with Crippen molar-refractivity contribution in [3.63, 3.8) is 0 Å². The molecule has 1 unspecified atom stereocenters. The van der Waals surface area contributed by atoms with E-state index in [2.05, 4.69) is 36.4 Å². The standard InChI is InChI=1S/C10H12BrN5O/c1-5-4-7(6(2)13-12-5)9(17)8-10(11)14-15-16(8)3/h4,9,17H,1-3H3. The van der Waals surface area contributed by atoms with Crippen LogP contribution in [0.15, 0.2) is 10.7 Å². The van der Waals surface area contributed by atoms with Gasteiger partial charge in [0.25, 0.3) is 0 Å². The molecule has 2 aromatic rings. The van der Waals surface area contributed by atoms with Crippen molar-refractivity contribution in [3.8, 4) is 0 Å². The molecule has 0 saturated heterocycles. The third-order valence-corrected chi connectivity index (χ3v) is 3.09. The van der Waals surface area contributed by atoms with Crippen LogP contribution in [-0.2, 0) is 7.05 Å². The third kappa shape index (κ3) is 2.20. The van der Waals surface area contributed by atoms with E-state index in [1.807, 2.05) is 19.9 Å². The van der Waals surface area contributed by atoms with Gasteiger partial charge in [-0.3, -0.25) is 0 Å². The van der Waals surface area contributed by atoms with E-state index in [0.29, 0.717) is 21.6 Å². The van der Waals surface area contributed by atoms with Crippen LogP contribution in [0.1, 0.15) is 28.7 Å². The number of hydrogen-bond donors (Lipinski definition) is 1. The summed E-state index contributed by atoms with van der Waals surface area (Å²) in [5.41, 5.74) is 2.76. The minimum absolute atomic E-state index is 0.529. The summed E-state index contributed by atoms with van der Waals surface area (Å²) in [4.78, 5) is 0. The first kappa shape index (κ1) is 12.1. The molecule has 0 saturated carbocycles. The van der Waals surface area contributed by atoms with Gasteiger partial charge < -0.3 is 5.11 Å². The van der Waals surface area contributed by atoms with Crippen molar-refractivity contribution in [1.29, 1.82) is 0 Å². The van der Waals surface area contributed by atoms with Gasteiger partial charge >= 0.3 is 0 Å². The van der Waals surface area contributed by atoms with Crippen LogP contribution in [0.3, 0.4) is 0 Å². The van der Waals surface area contributed by atoms with Crippen LogP contribution < -0.4 is 0 Å². The molecule has 1 atom stereocenters. The fourth-order valence-corrected chi connectivity index (χ4v) is 2.17. The molecule has 0 bridgehead atoms. The lowest BCUT2D eigenvalue weighted by Crippen LogP contribution is -2.10. The molecule has 1 N–H and O–H groups in total. The molecule has 0 spiro atoms. The fourth-order valence-electron chi connectivity index (χ4n) is 1.62. The maximum Gasteiger partial charge on any atom is 0.154 e. The summed E-state index contributed by atoms with van der Waals surface area (Å²) in [6, 6.07) is 1.81. The van der Waals surface area contributed by atoms with Crippen LogP contribution in [0.5, 0.6) is 0 Å². The van der Waals surface area contributed by atoms with Crippen LogP contribution in [-0.4, -0.2) is 30.3 Å². The minimum atomic E-state index is -0.821. The molecular weight excluding hydrogens is 286 g/mol. The number of aliphatic hydroxyl groups is 1. The van der Waals surface area contributed by atoms with Crippen LogP contribution in [0, 0.1) is 13.8 Å². The second-order valence-corrected chi connectivity index (χ2v) is 4.57. The van der Waals surface area contributed by atoms with Gasteiger partial charge in [-0.15, -0.1) is 5.10 Å². The van der Waals surface area contributed by atoms with Gasteiger partial charge in [-0.2, -0.15) is 10.2 Å². The lowest BCUT2D eigenvalue weighted by atomic mass is 10.1. The number of aryl methyl sites for hydroxylation is 3. The Kier molecular flexibility index (Phi) is 3.21. The first-order chi connectivity index (χ1) is 8.00. The molecule has 0 aliphatic heterocycles. The van der Waals surface area contributed by atoms with Crippen LogP contribution in [0.2, 0.25) is 0 Å². The summed E-state index contributed by atoms with van der Waals surface area (Å²) in [6.45, 7) is 3.64. The molecule has 0 fully saturated rings. The maximum absolute atomic E-state index is 10.3. The first-order valence-corrected chi connectivity index (χ1v) is 5.84. The monoisotopic (exact) mass is 297 g/mol. The SMILES string of the molecule is Cc1cc(C(O)c2c(Br)nnn2C)c(C)nn1. The molecule has 0 radical (unpaired) electrons. The highest BCUT2D eigenvalue weighted by molar-refractivity contribution is 9.10. The van der Waals surface area contributed by atoms with Crippen molar-refractivity contribution in [2.24, 2.45) is 7.05 Å². The lowest BCUT2D eigenvalue weighted by molar-refractivity contribution is 0.207. The Morgan fingerprint density at radius 3 is 2.59 bits per heavy atom. The van der Waals surface area contributed by atoms with Crippen LogP contribution >= 0.6 is 15.9 Å². The highest BCUT2D eigenvalue weighted by Crippen LogP contribution is 2.27. The van der Waals surface area contributed by atoms with E-state index in [-0.39, 0.29) is 0 Å². The Balaban J connectivity index is 2.50. The number of hydrogen-bond acceptors (Lipinski definition) is 5. The zero-order chi connectivity index (χ0) is 12.6. The third-order valence-electron chi connectivity index (χ3n) is 2.52. The molecular formula is C10H12BrN5O. The summed E-state index contributed by atoms with van der Waals surface area (Å²) in [6.07, 6.45) is -0.821. The average Bonchev–Trinajstić information content (AvgIpc) is 2.61. The Morgan fingerprint density at radius 1 is 1.29 bits per heavy atom. The second-order valence-electron chi connectivity index (χ2n) is 3.82. The van der Waals surface area contributed by atoms with Crippen molar-refractivity contribution in [3.05, 3.63) is 33.3 Å². The van der Waals surface area contributed by atoms with E-state index in [1.54, 1.807) is 7.05 Å². The largest absolute Gasteiger partial charge is 0.382 e. The quantitative estimate of drug-likeness (QED) is 0.897. The van der Waals surface area contributed by atoms with Crippen LogP contribution in [0.4, 0.5) is 0 Å². The Labute approximate surface area is 107 Å². The zero-order valence-electron chi connectivity index (χ0n) is 9.72. The fraction of sp³-hybridized carbons (Fsp3) is 0.400. The van der Waals surface area contributed by atoms with E-state index in [9.17, 15) is 5.11 Å². The predicted octanol–water partition coefficient (Wildman–Crippen LogP) is 1.07. The molecule has 0 aliphatic rings. The summed E-state index contributed by atoms with van der Waals surface area (Å²) >= 11 is 3.27. The molecule has 17 heavy (non-hydrogen) atoms. The van der Waals surface area contributed by atoms with Gasteiger partial charge in [0.15, 0.2) is 4.60 Å². The summed E-state index contributed by atoms with van der Waals surface area (Å²) in [7, 11) is 1.73. The van der Waals surface area contributed by atoms with Gasteiger partial charge in [-0.1, -0.05) is 5.21 Å². The molecule has 7 heteroatoms. The van der Waals surface area contributed by atoms with E-state index < -0.39 is 6.10 Å². The predicted molar refractivity (Wildman–Crippen MR) is 64.3 cm³/mol. The second kappa shape index (κ2) is 4.50. The topological polar surface area (TPSA) is 76.7 Å². The first-order valence-electron chi connectivity index (χ1n) is 5.04. The number of aromatic nitrogens is 5. The Morgan fingerprint density at radius 2 is 2.00 bits per heavy atom. The summed E-state index contributed by atoms with van der Waals surface area (Å²) in [5.74, 6) is 0. The van der Waals surface area contributed by atoms with Gasteiger partial charge in [0.05, 0.1) is 11.4 Å². The van der Waals surface area contributed by atoms with Crippen molar-refractivity contribution >= 4 is 15.9 Å². The van der Waals surface area contributed by atoms with Gasteiger partial charge in [-0.25, -0.2) is 4.68 Å². The van der Waals surface area contributed by atoms with E-state index in [0.717, 1.165) is 5.69 Å². The number of aliphatic hydroxyl groups excluding tert-OH is 1. The van der Waals surface area contributed by atoms with Crippen molar-refractivity contribution in [1.82, 2.24) is 25.2 Å². The maximum atomic E-state index is 10.3. The van der Waals surface area contributed by atoms with Crippen molar-refractivity contribution in [2.75, 3.05) is 0 Å². The number of nitrogens with zero attached hydrogens (tertiary/aromatic N) is 5. The Hall–Kier alpha value is -1.34. The van der Waals surface area contributed by atoms with E-state index in [4.69, 9.17) is 0 Å². The molecule has 0 aromatic carbocycles. The van der Waals surface area contributed by atoms with Crippen molar-refractivity contribution < 1.29 is 5.11 Å². The van der Waals surface area contributed by atoms with Gasteiger partial charge in [-0.05, 0) is 35.8 Å². The summed E-state index contributed by atoms with van der Waals surface area (Å²) < 4.78 is 2.06. The number of rotatable bonds is 2. The lowest BCUT2D eigenvalue weighted by Gasteiger charge is -2.13. The molecule has 0 aliphatic carbocycles. The molecule has 2 rings (SSSR count). The Bertz CT molecular complexity index is 534. The average molecular weight is 298 g/mol. The van der Waals surface area contributed by atoms with Gasteiger partial charge in [0.2, 0.25) is 0 Å². The van der Waals surface area contributed by atoms with Crippen LogP contribution in [0.25, 0.3) is 0 Å². The van der Waals surface area contributed by atoms with E-state index in [1.165, 1.54) is 4.68 Å². The van der Waals surface area contributed by atoms with Crippen molar-refractivity contribution in [2.45, 2.75) is 20.0 Å². The van der Waals surface area contributed by atoms with Gasteiger partial charge in [0, 0.05) is 12.6 Å². The van der Waals surface area contributed by atoms with Gasteiger partial charge in [0.1, 0.15) is 11.8 Å². The minimum Gasteiger partial charge on any atom is -0.382 e. The van der Waals surface area contributed by atoms with E-state index >= 15 is 0 Å². The molecule has 2 heterocycles. The highest BCUT2D eigenvalue weighted by atomic mass is 79.9. The number of halogens is 1. The highest BCUT2D eigenvalue weighted by Gasteiger charge is 2.21. The zero-order valence-corrected chi connectivity index (χ0v) is 11.3. The molecule has 90 valence electrons. The molecule has 0 amide bonds. The molecule has 6 nitrogen and oxygen atoms in total.